The first kappa shape index (κ1) is 23.0. The van der Waals surface area contributed by atoms with E-state index in [1.807, 2.05) is 26.2 Å². The molecule has 11 heteroatoms. The number of sulfonamides is 1. The van der Waals surface area contributed by atoms with Crippen LogP contribution in [0.25, 0.3) is 5.65 Å². The minimum absolute atomic E-state index is 0.231. The first-order chi connectivity index (χ1) is 15.4. The molecule has 0 aliphatic carbocycles. The molecule has 0 radical (unpaired) electrons. The van der Waals surface area contributed by atoms with E-state index in [1.54, 1.807) is 27.4 Å². The highest BCUT2D eigenvalue weighted by atomic mass is 32.2. The SMILES string of the molecule is CCN(CC)S(=O)(=O)c1ccc2nn(CN3CCN(Cc4ccncc4)CC3)c(=S)n2c1. The monoisotopic (exact) mass is 475 g/mol. The van der Waals surface area contributed by atoms with Gasteiger partial charge in [-0.25, -0.2) is 13.1 Å². The van der Waals surface area contributed by atoms with Crippen molar-refractivity contribution < 1.29 is 8.42 Å². The lowest BCUT2D eigenvalue weighted by molar-refractivity contribution is 0.0982. The Labute approximate surface area is 193 Å². The Bertz CT molecular complexity index is 1210. The van der Waals surface area contributed by atoms with E-state index < -0.39 is 10.0 Å². The maximum absolute atomic E-state index is 12.9. The second-order valence-corrected chi connectivity index (χ2v) is 10.2. The number of hydrogen-bond acceptors (Lipinski definition) is 7. The van der Waals surface area contributed by atoms with Gasteiger partial charge in [-0.2, -0.15) is 9.40 Å². The number of aromatic nitrogens is 4. The zero-order chi connectivity index (χ0) is 22.7. The third-order valence-corrected chi connectivity index (χ3v) is 8.29. The van der Waals surface area contributed by atoms with Gasteiger partial charge in [-0.05, 0) is 42.0 Å². The van der Waals surface area contributed by atoms with E-state index in [0.29, 0.717) is 30.2 Å². The van der Waals surface area contributed by atoms with E-state index in [1.165, 1.54) is 9.87 Å². The van der Waals surface area contributed by atoms with Crippen molar-refractivity contribution >= 4 is 27.9 Å². The van der Waals surface area contributed by atoms with Crippen LogP contribution in [0.4, 0.5) is 0 Å². The number of fused-ring (bicyclic) bond motifs is 1. The minimum Gasteiger partial charge on any atom is -0.297 e. The van der Waals surface area contributed by atoms with Crippen LogP contribution in [0.5, 0.6) is 0 Å². The molecule has 1 aliphatic heterocycles. The summed E-state index contributed by atoms with van der Waals surface area (Å²) in [7, 11) is -3.55. The van der Waals surface area contributed by atoms with Gasteiger partial charge in [0.2, 0.25) is 14.8 Å². The molecule has 0 amide bonds. The molecule has 0 N–H and O–H groups in total. The topological polar surface area (TPSA) is 79.0 Å². The number of pyridine rings is 2. The van der Waals surface area contributed by atoms with Gasteiger partial charge in [-0.3, -0.25) is 19.2 Å². The summed E-state index contributed by atoms with van der Waals surface area (Å²) >= 11 is 5.62. The molecule has 0 unspecified atom stereocenters. The Morgan fingerprint density at radius 3 is 2.31 bits per heavy atom. The first-order valence-electron chi connectivity index (χ1n) is 10.9. The predicted octanol–water partition coefficient (Wildman–Crippen LogP) is 2.07. The van der Waals surface area contributed by atoms with E-state index in [0.717, 1.165) is 32.7 Å². The fraction of sp³-hybridized carbons (Fsp3) is 0.476. The molecular weight excluding hydrogens is 446 g/mol. The molecule has 0 atom stereocenters. The van der Waals surface area contributed by atoms with Crippen LogP contribution in [0.3, 0.4) is 0 Å². The highest BCUT2D eigenvalue weighted by molar-refractivity contribution is 7.89. The summed E-state index contributed by atoms with van der Waals surface area (Å²) in [5, 5.41) is 4.61. The Balaban J connectivity index is 1.45. The standard InChI is InChI=1S/C21H29N7O2S2/c1-3-26(4-2)32(29,30)19-5-6-20-23-28(21(31)27(20)16-19)17-25-13-11-24(12-14-25)15-18-7-9-22-10-8-18/h5-10,16H,3-4,11-15,17H2,1-2H3. The van der Waals surface area contributed by atoms with E-state index >= 15 is 0 Å². The van der Waals surface area contributed by atoms with Gasteiger partial charge < -0.3 is 0 Å². The van der Waals surface area contributed by atoms with Crippen LogP contribution in [0.2, 0.25) is 0 Å². The second kappa shape index (κ2) is 9.75. The molecular formula is C21H29N7O2S2. The molecule has 9 nitrogen and oxygen atoms in total. The molecule has 0 saturated carbocycles. The van der Waals surface area contributed by atoms with Gasteiger partial charge in [0.05, 0.1) is 11.6 Å². The zero-order valence-corrected chi connectivity index (χ0v) is 20.1. The largest absolute Gasteiger partial charge is 0.297 e. The Morgan fingerprint density at radius 1 is 1.00 bits per heavy atom. The molecule has 3 aromatic heterocycles. The molecule has 0 spiro atoms. The van der Waals surface area contributed by atoms with Gasteiger partial charge in [-0.15, -0.1) is 0 Å². The van der Waals surface area contributed by atoms with Crippen LogP contribution < -0.4 is 0 Å². The molecule has 32 heavy (non-hydrogen) atoms. The summed E-state index contributed by atoms with van der Waals surface area (Å²) in [6.07, 6.45) is 5.24. The molecule has 4 rings (SSSR count). The molecule has 172 valence electrons. The average Bonchev–Trinajstić information content (AvgIpc) is 3.11. The fourth-order valence-corrected chi connectivity index (χ4v) is 5.68. The van der Waals surface area contributed by atoms with Crippen molar-refractivity contribution in [2.24, 2.45) is 0 Å². The van der Waals surface area contributed by atoms with Crippen LogP contribution in [-0.4, -0.2) is 81.0 Å². The second-order valence-electron chi connectivity index (χ2n) is 7.86. The fourth-order valence-electron chi connectivity index (χ4n) is 3.98. The van der Waals surface area contributed by atoms with Crippen LogP contribution in [0, 0.1) is 4.77 Å². The summed E-state index contributed by atoms with van der Waals surface area (Å²) in [5.41, 5.74) is 1.91. The van der Waals surface area contributed by atoms with Gasteiger partial charge in [0.15, 0.2) is 5.65 Å². The van der Waals surface area contributed by atoms with Crippen molar-refractivity contribution in [1.29, 1.82) is 0 Å². The zero-order valence-electron chi connectivity index (χ0n) is 18.5. The van der Waals surface area contributed by atoms with Gasteiger partial charge in [0.1, 0.15) is 0 Å². The lowest BCUT2D eigenvalue weighted by atomic mass is 10.2. The summed E-state index contributed by atoms with van der Waals surface area (Å²) in [4.78, 5) is 9.05. The maximum atomic E-state index is 12.9. The Morgan fingerprint density at radius 2 is 1.66 bits per heavy atom. The van der Waals surface area contributed by atoms with Gasteiger partial charge in [-0.1, -0.05) is 13.8 Å². The van der Waals surface area contributed by atoms with E-state index in [2.05, 4.69) is 32.0 Å². The van der Waals surface area contributed by atoms with Crippen LogP contribution >= 0.6 is 12.2 Å². The van der Waals surface area contributed by atoms with Crippen molar-refractivity contribution in [3.8, 4) is 0 Å². The first-order valence-corrected chi connectivity index (χ1v) is 12.7. The van der Waals surface area contributed by atoms with Crippen molar-refractivity contribution in [2.75, 3.05) is 39.3 Å². The van der Waals surface area contributed by atoms with Gasteiger partial charge >= 0.3 is 0 Å². The number of rotatable bonds is 8. The molecule has 1 saturated heterocycles. The summed E-state index contributed by atoms with van der Waals surface area (Å²) in [5.74, 6) is 0. The molecule has 4 heterocycles. The van der Waals surface area contributed by atoms with Crippen LogP contribution in [-0.2, 0) is 23.2 Å². The van der Waals surface area contributed by atoms with Crippen molar-refractivity contribution in [3.05, 3.63) is 53.2 Å². The smallest absolute Gasteiger partial charge is 0.244 e. The van der Waals surface area contributed by atoms with Crippen molar-refractivity contribution in [3.63, 3.8) is 0 Å². The molecule has 1 aliphatic rings. The van der Waals surface area contributed by atoms with Crippen molar-refractivity contribution in [1.82, 2.24) is 33.3 Å². The molecule has 0 aromatic carbocycles. The number of hydrogen-bond donors (Lipinski definition) is 0. The lowest BCUT2D eigenvalue weighted by Gasteiger charge is -2.34. The van der Waals surface area contributed by atoms with Gasteiger partial charge in [0.25, 0.3) is 0 Å². The number of piperazine rings is 1. The Hall–Kier alpha value is -2.18. The minimum atomic E-state index is -3.55. The average molecular weight is 476 g/mol. The molecule has 3 aromatic rings. The third kappa shape index (κ3) is 4.76. The van der Waals surface area contributed by atoms with Gasteiger partial charge in [0, 0.05) is 64.4 Å². The van der Waals surface area contributed by atoms with E-state index in [9.17, 15) is 8.42 Å². The van der Waals surface area contributed by atoms with Crippen molar-refractivity contribution in [2.45, 2.75) is 32.0 Å². The third-order valence-electron chi connectivity index (χ3n) is 5.85. The lowest BCUT2D eigenvalue weighted by Crippen LogP contribution is -2.46. The van der Waals surface area contributed by atoms with E-state index in [4.69, 9.17) is 12.2 Å². The highest BCUT2D eigenvalue weighted by Gasteiger charge is 2.23. The van der Waals surface area contributed by atoms with Crippen LogP contribution in [0.1, 0.15) is 19.4 Å². The normalized spacial score (nSPS) is 16.2. The predicted molar refractivity (Wildman–Crippen MR) is 125 cm³/mol. The summed E-state index contributed by atoms with van der Waals surface area (Å²) < 4.78 is 31.1. The van der Waals surface area contributed by atoms with Crippen LogP contribution in [0.15, 0.2) is 47.8 Å². The highest BCUT2D eigenvalue weighted by Crippen LogP contribution is 2.17. The number of nitrogens with zero attached hydrogens (tertiary/aromatic N) is 7. The maximum Gasteiger partial charge on any atom is 0.244 e. The quantitative estimate of drug-likeness (QED) is 0.462. The van der Waals surface area contributed by atoms with E-state index in [-0.39, 0.29) is 4.90 Å². The summed E-state index contributed by atoms with van der Waals surface area (Å²) in [6, 6.07) is 7.43. The Kier molecular flexibility index (Phi) is 7.01. The molecule has 1 fully saturated rings. The summed E-state index contributed by atoms with van der Waals surface area (Å²) in [6.45, 7) is 9.80. The molecule has 0 bridgehead atoms.